The van der Waals surface area contributed by atoms with E-state index < -0.39 is 0 Å². The van der Waals surface area contributed by atoms with Gasteiger partial charge in [-0.3, -0.25) is 4.98 Å². The van der Waals surface area contributed by atoms with E-state index >= 15 is 0 Å². The van der Waals surface area contributed by atoms with Crippen LogP contribution in [0, 0.1) is 0 Å². The molecule has 66 valence electrons. The lowest BCUT2D eigenvalue weighted by Crippen LogP contribution is -2.01. The lowest BCUT2D eigenvalue weighted by Gasteiger charge is -2.11. The molecule has 12 heavy (non-hydrogen) atoms. The maximum atomic E-state index is 8.80. The third-order valence-corrected chi connectivity index (χ3v) is 2.08. The molecule has 0 aliphatic rings. The predicted molar refractivity (Wildman–Crippen MR) is 49.0 cm³/mol. The Labute approximate surface area is 73.3 Å². The van der Waals surface area contributed by atoms with Crippen LogP contribution in [0.2, 0.25) is 0 Å². The molecule has 1 unspecified atom stereocenters. The van der Waals surface area contributed by atoms with Gasteiger partial charge in [0.1, 0.15) is 0 Å². The maximum Gasteiger partial charge on any atom is 0.0437 e. The second-order valence-electron chi connectivity index (χ2n) is 2.87. The van der Waals surface area contributed by atoms with Crippen LogP contribution in [0.3, 0.4) is 0 Å². The van der Waals surface area contributed by atoms with Gasteiger partial charge < -0.3 is 5.11 Å². The second-order valence-corrected chi connectivity index (χ2v) is 2.87. The van der Waals surface area contributed by atoms with Crippen molar-refractivity contribution >= 4 is 0 Å². The van der Waals surface area contributed by atoms with Crippen LogP contribution in [0.4, 0.5) is 0 Å². The molecule has 0 fully saturated rings. The number of pyridine rings is 1. The van der Waals surface area contributed by atoms with Gasteiger partial charge in [-0.2, -0.15) is 0 Å². The molecule has 0 amide bonds. The van der Waals surface area contributed by atoms with Gasteiger partial charge >= 0.3 is 0 Å². The van der Waals surface area contributed by atoms with Crippen molar-refractivity contribution in [1.29, 1.82) is 0 Å². The zero-order valence-electron chi connectivity index (χ0n) is 7.40. The summed E-state index contributed by atoms with van der Waals surface area (Å²) in [5.41, 5.74) is 1.09. The summed E-state index contributed by atoms with van der Waals surface area (Å²) in [4.78, 5) is 4.26. The van der Waals surface area contributed by atoms with Crippen LogP contribution in [-0.4, -0.2) is 16.7 Å². The van der Waals surface area contributed by atoms with E-state index in [1.165, 1.54) is 0 Å². The lowest BCUT2D eigenvalue weighted by atomic mass is 9.98. The van der Waals surface area contributed by atoms with Crippen LogP contribution in [-0.2, 0) is 0 Å². The fourth-order valence-corrected chi connectivity index (χ4v) is 1.33. The number of hydrogen-bond acceptors (Lipinski definition) is 2. The van der Waals surface area contributed by atoms with Gasteiger partial charge in [0.05, 0.1) is 0 Å². The molecular formula is C10H15NO. The Morgan fingerprint density at radius 2 is 2.33 bits per heavy atom. The minimum Gasteiger partial charge on any atom is -0.396 e. The molecule has 1 rings (SSSR count). The SMILES string of the molecule is CCC(CCO)c1ccccn1. The summed E-state index contributed by atoms with van der Waals surface area (Å²) in [6.07, 6.45) is 3.65. The molecule has 1 N–H and O–H groups in total. The Bertz CT molecular complexity index is 210. The molecule has 0 spiro atoms. The van der Waals surface area contributed by atoms with Gasteiger partial charge in [-0.15, -0.1) is 0 Å². The van der Waals surface area contributed by atoms with Crippen LogP contribution in [0.15, 0.2) is 24.4 Å². The van der Waals surface area contributed by atoms with Crippen LogP contribution >= 0.6 is 0 Å². The molecule has 1 aromatic heterocycles. The Kier molecular flexibility index (Phi) is 3.74. The van der Waals surface area contributed by atoms with E-state index in [9.17, 15) is 0 Å². The molecule has 2 heteroatoms. The van der Waals surface area contributed by atoms with E-state index in [0.717, 1.165) is 18.5 Å². The number of aliphatic hydroxyl groups excluding tert-OH is 1. The zero-order valence-corrected chi connectivity index (χ0v) is 7.40. The highest BCUT2D eigenvalue weighted by molar-refractivity contribution is 5.08. The van der Waals surface area contributed by atoms with E-state index in [-0.39, 0.29) is 6.61 Å². The average molecular weight is 165 g/mol. The van der Waals surface area contributed by atoms with Gasteiger partial charge in [-0.25, -0.2) is 0 Å². The summed E-state index contributed by atoms with van der Waals surface area (Å²) < 4.78 is 0. The van der Waals surface area contributed by atoms with Crippen molar-refractivity contribution in [2.24, 2.45) is 0 Å². The monoisotopic (exact) mass is 165 g/mol. The van der Waals surface area contributed by atoms with E-state index in [4.69, 9.17) is 5.11 Å². The van der Waals surface area contributed by atoms with E-state index in [0.29, 0.717) is 5.92 Å². The standard InChI is InChI=1S/C10H15NO/c1-2-9(6-8-12)10-5-3-4-7-11-10/h3-5,7,9,12H,2,6,8H2,1H3. The van der Waals surface area contributed by atoms with Crippen molar-refractivity contribution in [3.8, 4) is 0 Å². The molecule has 0 bridgehead atoms. The Hall–Kier alpha value is -0.890. The number of aromatic nitrogens is 1. The normalized spacial score (nSPS) is 12.8. The molecule has 0 saturated heterocycles. The van der Waals surface area contributed by atoms with Gasteiger partial charge in [-0.05, 0) is 25.0 Å². The molecule has 1 atom stereocenters. The number of nitrogens with zero attached hydrogens (tertiary/aromatic N) is 1. The van der Waals surface area contributed by atoms with Gasteiger partial charge in [0.25, 0.3) is 0 Å². The summed E-state index contributed by atoms with van der Waals surface area (Å²) in [6, 6.07) is 5.92. The molecular weight excluding hydrogens is 150 g/mol. The topological polar surface area (TPSA) is 33.1 Å². The summed E-state index contributed by atoms with van der Waals surface area (Å²) in [5.74, 6) is 0.413. The first-order valence-electron chi connectivity index (χ1n) is 4.40. The third kappa shape index (κ3) is 2.31. The van der Waals surface area contributed by atoms with Gasteiger partial charge in [-0.1, -0.05) is 13.0 Å². The minimum atomic E-state index is 0.245. The third-order valence-electron chi connectivity index (χ3n) is 2.08. The molecule has 0 saturated carbocycles. The highest BCUT2D eigenvalue weighted by Gasteiger charge is 2.08. The van der Waals surface area contributed by atoms with E-state index in [2.05, 4.69) is 11.9 Å². The van der Waals surface area contributed by atoms with Crippen molar-refractivity contribution in [2.75, 3.05) is 6.61 Å². The van der Waals surface area contributed by atoms with Crippen molar-refractivity contribution < 1.29 is 5.11 Å². The Balaban J connectivity index is 2.66. The fraction of sp³-hybridized carbons (Fsp3) is 0.500. The first kappa shape index (κ1) is 9.20. The first-order chi connectivity index (χ1) is 5.88. The lowest BCUT2D eigenvalue weighted by molar-refractivity contribution is 0.273. The Morgan fingerprint density at radius 3 is 2.83 bits per heavy atom. The molecule has 0 aliphatic carbocycles. The van der Waals surface area contributed by atoms with Crippen LogP contribution in [0.1, 0.15) is 31.4 Å². The van der Waals surface area contributed by atoms with Crippen LogP contribution in [0.25, 0.3) is 0 Å². The average Bonchev–Trinajstić information content (AvgIpc) is 2.15. The molecule has 0 aromatic carbocycles. The van der Waals surface area contributed by atoms with Gasteiger partial charge in [0, 0.05) is 24.4 Å². The fourth-order valence-electron chi connectivity index (χ4n) is 1.33. The van der Waals surface area contributed by atoms with Crippen molar-refractivity contribution in [3.63, 3.8) is 0 Å². The zero-order chi connectivity index (χ0) is 8.81. The quantitative estimate of drug-likeness (QED) is 0.739. The highest BCUT2D eigenvalue weighted by Crippen LogP contribution is 2.19. The molecule has 0 radical (unpaired) electrons. The van der Waals surface area contributed by atoms with E-state index in [1.54, 1.807) is 6.20 Å². The molecule has 1 heterocycles. The van der Waals surface area contributed by atoms with E-state index in [1.807, 2.05) is 18.2 Å². The molecule has 1 aromatic rings. The van der Waals surface area contributed by atoms with Crippen molar-refractivity contribution in [3.05, 3.63) is 30.1 Å². The van der Waals surface area contributed by atoms with Crippen LogP contribution < -0.4 is 0 Å². The first-order valence-corrected chi connectivity index (χ1v) is 4.40. The summed E-state index contributed by atoms with van der Waals surface area (Å²) in [6.45, 7) is 2.37. The summed E-state index contributed by atoms with van der Waals surface area (Å²) >= 11 is 0. The maximum absolute atomic E-state index is 8.80. The van der Waals surface area contributed by atoms with Gasteiger partial charge in [0.2, 0.25) is 0 Å². The molecule has 0 aliphatic heterocycles. The number of rotatable bonds is 4. The minimum absolute atomic E-state index is 0.245. The van der Waals surface area contributed by atoms with Crippen molar-refractivity contribution in [1.82, 2.24) is 4.98 Å². The number of aliphatic hydroxyl groups is 1. The number of hydrogen-bond donors (Lipinski definition) is 1. The predicted octanol–water partition coefficient (Wildman–Crippen LogP) is 1.96. The molecule has 2 nitrogen and oxygen atoms in total. The second kappa shape index (κ2) is 4.88. The van der Waals surface area contributed by atoms with Gasteiger partial charge in [0.15, 0.2) is 0 Å². The highest BCUT2D eigenvalue weighted by atomic mass is 16.3. The largest absolute Gasteiger partial charge is 0.396 e. The smallest absolute Gasteiger partial charge is 0.0437 e. The van der Waals surface area contributed by atoms with Crippen molar-refractivity contribution in [2.45, 2.75) is 25.7 Å². The van der Waals surface area contributed by atoms with Crippen LogP contribution in [0.5, 0.6) is 0 Å². The Morgan fingerprint density at radius 1 is 1.50 bits per heavy atom. The summed E-state index contributed by atoms with van der Waals surface area (Å²) in [5, 5.41) is 8.80. The summed E-state index contributed by atoms with van der Waals surface area (Å²) in [7, 11) is 0.